The molecule has 1 rings (SSSR count). The average molecular weight is 248 g/mol. The van der Waals surface area contributed by atoms with Gasteiger partial charge in [-0.3, -0.25) is 4.57 Å². The molecule has 1 aromatic carbocycles. The van der Waals surface area contributed by atoms with E-state index in [-0.39, 0.29) is 5.30 Å². The number of carboxylic acid groups (broad SMARTS) is 1. The van der Waals surface area contributed by atoms with Crippen LogP contribution in [0.5, 0.6) is 0 Å². The molecule has 1 aromatic rings. The standard InChI is InChI=1S/C6H7O3P.C3H6O3/c7-10(8,9)6-4-2-1-3-5-6;1-2(4)3(5)6/h1-5H,(H2,7,8,9);2,4H,1H3,(H,5,6). The van der Waals surface area contributed by atoms with Crippen molar-refractivity contribution in [3.8, 4) is 0 Å². The number of carbonyl (C=O) groups is 1. The van der Waals surface area contributed by atoms with Crippen LogP contribution in [0.1, 0.15) is 6.92 Å². The second-order valence-corrected chi connectivity index (χ2v) is 4.50. The minimum absolute atomic E-state index is 0.0648. The first-order chi connectivity index (χ1) is 7.25. The van der Waals surface area contributed by atoms with Gasteiger partial charge < -0.3 is 20.0 Å². The molecule has 7 heteroatoms. The number of rotatable bonds is 2. The van der Waals surface area contributed by atoms with Crippen molar-refractivity contribution in [1.82, 2.24) is 0 Å². The van der Waals surface area contributed by atoms with Crippen LogP contribution in [0.4, 0.5) is 0 Å². The summed E-state index contributed by atoms with van der Waals surface area (Å²) in [5, 5.41) is 15.8. The fourth-order valence-electron chi connectivity index (χ4n) is 0.622. The second-order valence-electron chi connectivity index (χ2n) is 2.89. The summed E-state index contributed by atoms with van der Waals surface area (Å²) in [5.41, 5.74) is 0. The van der Waals surface area contributed by atoms with E-state index in [1.807, 2.05) is 0 Å². The molecule has 0 bridgehead atoms. The predicted octanol–water partition coefficient (Wildman–Crippen LogP) is -0.0586. The van der Waals surface area contributed by atoms with Crippen LogP contribution < -0.4 is 5.30 Å². The minimum Gasteiger partial charge on any atom is -0.479 e. The number of aliphatic hydroxyl groups is 1. The predicted molar refractivity (Wildman–Crippen MR) is 57.4 cm³/mol. The van der Waals surface area contributed by atoms with Gasteiger partial charge in [0.2, 0.25) is 0 Å². The van der Waals surface area contributed by atoms with Gasteiger partial charge in [0.05, 0.1) is 5.30 Å². The Balaban J connectivity index is 0.000000325. The molecule has 0 saturated heterocycles. The van der Waals surface area contributed by atoms with E-state index in [1.54, 1.807) is 18.2 Å². The Morgan fingerprint density at radius 1 is 1.25 bits per heavy atom. The van der Waals surface area contributed by atoms with E-state index in [2.05, 4.69) is 0 Å². The van der Waals surface area contributed by atoms with Crippen LogP contribution in [-0.2, 0) is 9.36 Å². The molecule has 0 aromatic heterocycles. The lowest BCUT2D eigenvalue weighted by Gasteiger charge is -2.00. The van der Waals surface area contributed by atoms with E-state index in [4.69, 9.17) is 20.0 Å². The Hall–Kier alpha value is -1.20. The molecule has 90 valence electrons. The number of benzene rings is 1. The van der Waals surface area contributed by atoms with Crippen molar-refractivity contribution in [2.24, 2.45) is 0 Å². The molecule has 0 aliphatic rings. The highest BCUT2D eigenvalue weighted by atomic mass is 31.2. The molecule has 16 heavy (non-hydrogen) atoms. The maximum absolute atomic E-state index is 10.5. The van der Waals surface area contributed by atoms with E-state index < -0.39 is 19.7 Å². The van der Waals surface area contributed by atoms with Gasteiger partial charge in [0.1, 0.15) is 6.10 Å². The van der Waals surface area contributed by atoms with Gasteiger partial charge in [-0.15, -0.1) is 0 Å². The van der Waals surface area contributed by atoms with Crippen molar-refractivity contribution in [3.63, 3.8) is 0 Å². The fourth-order valence-corrected chi connectivity index (χ4v) is 1.18. The molecule has 1 unspecified atom stereocenters. The topological polar surface area (TPSA) is 115 Å². The Kier molecular flexibility index (Phi) is 5.92. The molecule has 4 N–H and O–H groups in total. The zero-order chi connectivity index (χ0) is 12.8. The van der Waals surface area contributed by atoms with E-state index in [9.17, 15) is 9.36 Å². The number of hydrogen-bond acceptors (Lipinski definition) is 3. The number of carboxylic acids is 1. The molecule has 0 spiro atoms. The van der Waals surface area contributed by atoms with Gasteiger partial charge in [-0.2, -0.15) is 0 Å². The van der Waals surface area contributed by atoms with Crippen LogP contribution in [0, 0.1) is 0 Å². The zero-order valence-corrected chi connectivity index (χ0v) is 9.41. The number of aliphatic carboxylic acids is 1. The molecule has 1 atom stereocenters. The van der Waals surface area contributed by atoms with Gasteiger partial charge in [0, 0.05) is 0 Å². The van der Waals surface area contributed by atoms with Crippen LogP contribution in [-0.4, -0.2) is 32.1 Å². The molecule has 0 radical (unpaired) electrons. The van der Waals surface area contributed by atoms with Crippen molar-refractivity contribution < 1.29 is 29.4 Å². The first-order valence-electron chi connectivity index (χ1n) is 4.27. The first kappa shape index (κ1) is 14.8. The Bertz CT molecular complexity index is 369. The lowest BCUT2D eigenvalue weighted by Crippen LogP contribution is -2.13. The highest BCUT2D eigenvalue weighted by molar-refractivity contribution is 7.60. The van der Waals surface area contributed by atoms with Crippen LogP contribution in [0.25, 0.3) is 0 Å². The molecule has 0 heterocycles. The quantitative estimate of drug-likeness (QED) is 0.545. The van der Waals surface area contributed by atoms with Crippen LogP contribution >= 0.6 is 7.60 Å². The minimum atomic E-state index is -4.02. The summed E-state index contributed by atoms with van der Waals surface area (Å²) in [6.45, 7) is 1.20. The Labute approximate surface area is 92.3 Å². The summed E-state index contributed by atoms with van der Waals surface area (Å²) in [6, 6.07) is 7.70. The Morgan fingerprint density at radius 2 is 1.62 bits per heavy atom. The molecular weight excluding hydrogens is 235 g/mol. The third-order valence-electron chi connectivity index (χ3n) is 1.45. The third-order valence-corrected chi connectivity index (χ3v) is 2.42. The number of aliphatic hydroxyl groups excluding tert-OH is 1. The normalized spacial score (nSPS) is 12.2. The van der Waals surface area contributed by atoms with E-state index in [0.29, 0.717) is 0 Å². The summed E-state index contributed by atoms with van der Waals surface area (Å²) >= 11 is 0. The molecule has 6 nitrogen and oxygen atoms in total. The lowest BCUT2D eigenvalue weighted by molar-refractivity contribution is -0.145. The summed E-state index contributed by atoms with van der Waals surface area (Å²) in [4.78, 5) is 26.6. The molecule has 0 aliphatic carbocycles. The Morgan fingerprint density at radius 3 is 1.81 bits per heavy atom. The number of hydrogen-bond donors (Lipinski definition) is 4. The first-order valence-corrected chi connectivity index (χ1v) is 5.88. The highest BCUT2D eigenvalue weighted by Gasteiger charge is 2.14. The van der Waals surface area contributed by atoms with Gasteiger partial charge in [-0.05, 0) is 19.1 Å². The smallest absolute Gasteiger partial charge is 0.356 e. The van der Waals surface area contributed by atoms with E-state index in [0.717, 1.165) is 0 Å². The third kappa shape index (κ3) is 6.31. The second kappa shape index (κ2) is 6.40. The van der Waals surface area contributed by atoms with Gasteiger partial charge in [-0.25, -0.2) is 4.79 Å². The SMILES string of the molecule is CC(O)C(=O)O.O=P(O)(O)c1ccccc1. The van der Waals surface area contributed by atoms with Gasteiger partial charge in [-0.1, -0.05) is 18.2 Å². The van der Waals surface area contributed by atoms with E-state index >= 15 is 0 Å². The van der Waals surface area contributed by atoms with Gasteiger partial charge in [0.25, 0.3) is 0 Å². The average Bonchev–Trinajstić information content (AvgIpc) is 2.18. The maximum atomic E-state index is 10.5. The summed E-state index contributed by atoms with van der Waals surface area (Å²) in [6.07, 6.45) is -1.23. The summed E-state index contributed by atoms with van der Waals surface area (Å²) in [5.74, 6) is -1.19. The van der Waals surface area contributed by atoms with Crippen LogP contribution in [0.3, 0.4) is 0 Å². The van der Waals surface area contributed by atoms with Crippen molar-refractivity contribution in [3.05, 3.63) is 30.3 Å². The van der Waals surface area contributed by atoms with Crippen molar-refractivity contribution >= 4 is 18.9 Å². The molecule has 0 fully saturated rings. The monoisotopic (exact) mass is 248 g/mol. The van der Waals surface area contributed by atoms with Crippen molar-refractivity contribution in [2.45, 2.75) is 13.0 Å². The fraction of sp³-hybridized carbons (Fsp3) is 0.222. The van der Waals surface area contributed by atoms with Crippen LogP contribution in [0.2, 0.25) is 0 Å². The molecule has 0 aliphatic heterocycles. The molecule has 0 saturated carbocycles. The van der Waals surface area contributed by atoms with E-state index in [1.165, 1.54) is 19.1 Å². The van der Waals surface area contributed by atoms with Crippen molar-refractivity contribution in [2.75, 3.05) is 0 Å². The van der Waals surface area contributed by atoms with Crippen molar-refractivity contribution in [1.29, 1.82) is 0 Å². The zero-order valence-electron chi connectivity index (χ0n) is 8.52. The highest BCUT2D eigenvalue weighted by Crippen LogP contribution is 2.32. The maximum Gasteiger partial charge on any atom is 0.356 e. The largest absolute Gasteiger partial charge is 0.479 e. The summed E-state index contributed by atoms with van der Waals surface area (Å²) in [7, 11) is -4.02. The van der Waals surface area contributed by atoms with Crippen LogP contribution in [0.15, 0.2) is 30.3 Å². The van der Waals surface area contributed by atoms with Gasteiger partial charge in [0.15, 0.2) is 0 Å². The molecular formula is C9H13O6P. The lowest BCUT2D eigenvalue weighted by atomic mass is 10.4. The molecule has 0 amide bonds. The summed E-state index contributed by atoms with van der Waals surface area (Å²) < 4.78 is 10.5. The van der Waals surface area contributed by atoms with Gasteiger partial charge >= 0.3 is 13.6 Å².